The lowest BCUT2D eigenvalue weighted by molar-refractivity contribution is -0.121. The summed E-state index contributed by atoms with van der Waals surface area (Å²) in [6.07, 6.45) is 5.07. The summed E-state index contributed by atoms with van der Waals surface area (Å²) in [5.74, 6) is -0.0728. The van der Waals surface area contributed by atoms with E-state index in [1.54, 1.807) is 22.1 Å². The largest absolute Gasteiger partial charge is 0.324 e. The van der Waals surface area contributed by atoms with E-state index in [2.05, 4.69) is 5.32 Å². The summed E-state index contributed by atoms with van der Waals surface area (Å²) in [5, 5.41) is 3.02. The predicted octanol–water partition coefficient (Wildman–Crippen LogP) is 3.23. The fraction of sp³-hybridized carbons (Fsp3) is 0.435. The van der Waals surface area contributed by atoms with Gasteiger partial charge in [0.2, 0.25) is 15.9 Å². The van der Waals surface area contributed by atoms with E-state index in [9.17, 15) is 13.2 Å². The van der Waals surface area contributed by atoms with Crippen LogP contribution in [0.2, 0.25) is 0 Å². The second kappa shape index (κ2) is 9.32. The predicted molar refractivity (Wildman–Crippen MR) is 125 cm³/mol. The Bertz CT molecular complexity index is 1060. The van der Waals surface area contributed by atoms with Gasteiger partial charge in [-0.2, -0.15) is 4.31 Å². The zero-order valence-electron chi connectivity index (χ0n) is 18.0. The molecular formula is C23H29N3O3S2. The lowest BCUT2D eigenvalue weighted by Gasteiger charge is -2.36. The molecule has 0 spiro atoms. The molecule has 1 heterocycles. The van der Waals surface area contributed by atoms with Crippen molar-refractivity contribution < 1.29 is 13.2 Å². The minimum absolute atomic E-state index is 0.0728. The quantitative estimate of drug-likeness (QED) is 0.672. The molecule has 166 valence electrons. The van der Waals surface area contributed by atoms with Gasteiger partial charge in [-0.25, -0.2) is 8.42 Å². The minimum atomic E-state index is -3.51. The molecule has 0 aromatic heterocycles. The number of rotatable bonds is 6. The highest BCUT2D eigenvalue weighted by Crippen LogP contribution is 2.27. The molecule has 0 unspecified atom stereocenters. The summed E-state index contributed by atoms with van der Waals surface area (Å²) in [5.41, 5.74) is 3.24. The Morgan fingerprint density at radius 2 is 1.74 bits per heavy atom. The van der Waals surface area contributed by atoms with Crippen molar-refractivity contribution in [2.45, 2.75) is 42.0 Å². The summed E-state index contributed by atoms with van der Waals surface area (Å²) in [4.78, 5) is 16.3. The molecule has 1 amide bonds. The SMILES string of the molecule is CSc1ccccc1NC(=O)[C@H](C)N1CCN(S(=O)(=O)c2ccc3c(c2)CCC3)CC1. The molecule has 1 aliphatic carbocycles. The Balaban J connectivity index is 1.38. The van der Waals surface area contributed by atoms with Crippen molar-refractivity contribution in [3.63, 3.8) is 0 Å². The van der Waals surface area contributed by atoms with Crippen LogP contribution in [0.3, 0.4) is 0 Å². The third-order valence-electron chi connectivity index (χ3n) is 6.27. The van der Waals surface area contributed by atoms with Crippen LogP contribution in [-0.2, 0) is 27.7 Å². The van der Waals surface area contributed by atoms with Crippen LogP contribution in [0.25, 0.3) is 0 Å². The molecule has 2 aromatic rings. The molecular weight excluding hydrogens is 430 g/mol. The molecule has 8 heteroatoms. The zero-order chi connectivity index (χ0) is 22.0. The zero-order valence-corrected chi connectivity index (χ0v) is 19.6. The number of benzene rings is 2. The maximum Gasteiger partial charge on any atom is 0.243 e. The topological polar surface area (TPSA) is 69.7 Å². The van der Waals surface area contributed by atoms with Crippen LogP contribution in [0.5, 0.6) is 0 Å². The molecule has 31 heavy (non-hydrogen) atoms. The Morgan fingerprint density at radius 1 is 1.03 bits per heavy atom. The summed E-state index contributed by atoms with van der Waals surface area (Å²) < 4.78 is 27.8. The number of thioether (sulfide) groups is 1. The third kappa shape index (κ3) is 4.67. The van der Waals surface area contributed by atoms with Crippen LogP contribution in [0.15, 0.2) is 52.3 Å². The molecule has 6 nitrogen and oxygen atoms in total. The molecule has 0 radical (unpaired) electrons. The van der Waals surface area contributed by atoms with Crippen LogP contribution < -0.4 is 5.32 Å². The van der Waals surface area contributed by atoms with Gasteiger partial charge in [-0.15, -0.1) is 11.8 Å². The Morgan fingerprint density at radius 3 is 2.48 bits per heavy atom. The summed E-state index contributed by atoms with van der Waals surface area (Å²) in [6, 6.07) is 13.0. The number of para-hydroxylation sites is 1. The van der Waals surface area contributed by atoms with Gasteiger partial charge < -0.3 is 5.32 Å². The van der Waals surface area contributed by atoms with Crippen molar-refractivity contribution in [2.75, 3.05) is 37.8 Å². The first kappa shape index (κ1) is 22.3. The number of anilines is 1. The third-order valence-corrected chi connectivity index (χ3v) is 8.96. The molecule has 4 rings (SSSR count). The molecule has 1 saturated heterocycles. The molecule has 1 atom stereocenters. The molecule has 2 aliphatic rings. The van der Waals surface area contributed by atoms with E-state index in [1.165, 1.54) is 5.56 Å². The Labute approximate surface area is 189 Å². The molecule has 0 saturated carbocycles. The number of carbonyl (C=O) groups excluding carboxylic acids is 1. The number of hydrogen-bond donors (Lipinski definition) is 1. The number of piperazine rings is 1. The number of hydrogen-bond acceptors (Lipinski definition) is 5. The van der Waals surface area contributed by atoms with Gasteiger partial charge in [0, 0.05) is 31.1 Å². The van der Waals surface area contributed by atoms with E-state index in [-0.39, 0.29) is 11.9 Å². The molecule has 1 aliphatic heterocycles. The minimum Gasteiger partial charge on any atom is -0.324 e. The lowest BCUT2D eigenvalue weighted by atomic mass is 10.1. The first-order valence-corrected chi connectivity index (χ1v) is 13.4. The van der Waals surface area contributed by atoms with E-state index in [4.69, 9.17) is 0 Å². The van der Waals surface area contributed by atoms with E-state index >= 15 is 0 Å². The number of aryl methyl sites for hydroxylation is 2. The average Bonchev–Trinajstić information content (AvgIpc) is 3.27. The second-order valence-corrected chi connectivity index (χ2v) is 10.9. The smallest absolute Gasteiger partial charge is 0.243 e. The number of nitrogens with one attached hydrogen (secondary N) is 1. The Hall–Kier alpha value is -1.87. The van der Waals surface area contributed by atoms with Crippen molar-refractivity contribution >= 4 is 33.4 Å². The highest BCUT2D eigenvalue weighted by atomic mass is 32.2. The van der Waals surface area contributed by atoms with Crippen LogP contribution in [0.1, 0.15) is 24.5 Å². The summed E-state index contributed by atoms with van der Waals surface area (Å²) >= 11 is 1.59. The number of carbonyl (C=O) groups is 1. The number of amides is 1. The molecule has 2 aromatic carbocycles. The van der Waals surface area contributed by atoms with Crippen LogP contribution in [0, 0.1) is 0 Å². The molecule has 0 bridgehead atoms. The van der Waals surface area contributed by atoms with Gasteiger partial charge in [0.1, 0.15) is 0 Å². The second-order valence-electron chi connectivity index (χ2n) is 8.09. The maximum absolute atomic E-state index is 13.1. The summed E-state index contributed by atoms with van der Waals surface area (Å²) in [7, 11) is -3.51. The van der Waals surface area contributed by atoms with Gasteiger partial charge >= 0.3 is 0 Å². The standard InChI is InChI=1S/C23H29N3O3S2/c1-17(23(27)24-21-8-3-4-9-22(21)30-2)25-12-14-26(15-13-25)31(28,29)20-11-10-18-6-5-7-19(18)16-20/h3-4,8-11,16-17H,5-7,12-15H2,1-2H3,(H,24,27)/t17-/m0/s1. The maximum atomic E-state index is 13.1. The normalized spacial score (nSPS) is 18.5. The van der Waals surface area contributed by atoms with E-state index < -0.39 is 10.0 Å². The van der Waals surface area contributed by atoms with Crippen molar-refractivity contribution in [1.29, 1.82) is 0 Å². The summed E-state index contributed by atoms with van der Waals surface area (Å²) in [6.45, 7) is 3.71. The average molecular weight is 460 g/mol. The van der Waals surface area contributed by atoms with Gasteiger partial charge in [-0.3, -0.25) is 9.69 Å². The monoisotopic (exact) mass is 459 g/mol. The van der Waals surface area contributed by atoms with Gasteiger partial charge in [0.05, 0.1) is 16.6 Å². The fourth-order valence-electron chi connectivity index (χ4n) is 4.34. The van der Waals surface area contributed by atoms with Crippen LogP contribution in [-0.4, -0.2) is 62.0 Å². The van der Waals surface area contributed by atoms with Crippen molar-refractivity contribution in [3.05, 3.63) is 53.6 Å². The van der Waals surface area contributed by atoms with Crippen molar-refractivity contribution in [3.8, 4) is 0 Å². The first-order valence-electron chi connectivity index (χ1n) is 10.7. The van der Waals surface area contributed by atoms with Crippen LogP contribution in [0.4, 0.5) is 5.69 Å². The highest BCUT2D eigenvalue weighted by molar-refractivity contribution is 7.98. The van der Waals surface area contributed by atoms with Gasteiger partial charge in [-0.05, 0) is 67.8 Å². The van der Waals surface area contributed by atoms with E-state index in [0.717, 1.165) is 35.4 Å². The van der Waals surface area contributed by atoms with E-state index in [0.29, 0.717) is 31.1 Å². The van der Waals surface area contributed by atoms with Gasteiger partial charge in [0.25, 0.3) is 0 Å². The number of fused-ring (bicyclic) bond motifs is 1. The molecule has 1 fully saturated rings. The van der Waals surface area contributed by atoms with Crippen molar-refractivity contribution in [1.82, 2.24) is 9.21 Å². The van der Waals surface area contributed by atoms with Gasteiger partial charge in [-0.1, -0.05) is 18.2 Å². The van der Waals surface area contributed by atoms with Crippen molar-refractivity contribution in [2.24, 2.45) is 0 Å². The highest BCUT2D eigenvalue weighted by Gasteiger charge is 2.32. The fourth-order valence-corrected chi connectivity index (χ4v) is 6.37. The molecule has 1 N–H and O–H groups in total. The van der Waals surface area contributed by atoms with Gasteiger partial charge in [0.15, 0.2) is 0 Å². The Kier molecular flexibility index (Phi) is 6.71. The lowest BCUT2D eigenvalue weighted by Crippen LogP contribution is -2.53. The van der Waals surface area contributed by atoms with Crippen LogP contribution >= 0.6 is 11.8 Å². The number of nitrogens with zero attached hydrogens (tertiary/aromatic N) is 2. The number of sulfonamides is 1. The first-order chi connectivity index (χ1) is 14.9. The van der Waals surface area contributed by atoms with E-state index in [1.807, 2.05) is 54.5 Å².